The van der Waals surface area contributed by atoms with E-state index in [1.807, 2.05) is 51.1 Å². The molecule has 0 saturated heterocycles. The van der Waals surface area contributed by atoms with Crippen molar-refractivity contribution in [2.24, 2.45) is 0 Å². The summed E-state index contributed by atoms with van der Waals surface area (Å²) in [5.41, 5.74) is 10.4. The summed E-state index contributed by atoms with van der Waals surface area (Å²) in [6, 6.07) is 7.98. The van der Waals surface area contributed by atoms with Crippen LogP contribution in [-0.2, 0) is 32.6 Å². The molecule has 0 radical (unpaired) electrons. The van der Waals surface area contributed by atoms with Crippen LogP contribution in [0.3, 0.4) is 0 Å². The molecule has 46 heavy (non-hydrogen) atoms. The van der Waals surface area contributed by atoms with Crippen LogP contribution in [0.1, 0.15) is 97.4 Å². The highest BCUT2D eigenvalue weighted by atomic mass is 16.4. The largest absolute Gasteiger partial charge is 0.481 e. The van der Waals surface area contributed by atoms with E-state index in [2.05, 4.69) is 23.8 Å². The van der Waals surface area contributed by atoms with E-state index < -0.39 is 17.4 Å². The van der Waals surface area contributed by atoms with Crippen LogP contribution in [0.15, 0.2) is 24.3 Å². The molecule has 10 nitrogen and oxygen atoms in total. The number of carboxylic acids is 2. The molecular weight excluding hydrogens is 582 g/mol. The van der Waals surface area contributed by atoms with Gasteiger partial charge in [0.2, 0.25) is 5.91 Å². The van der Waals surface area contributed by atoms with Crippen LogP contribution in [0, 0.1) is 13.8 Å². The number of allylic oxidation sites excluding steroid dienone is 1. The monoisotopic (exact) mass is 625 g/mol. The second-order valence-electron chi connectivity index (χ2n) is 13.0. The summed E-state index contributed by atoms with van der Waals surface area (Å²) in [5, 5.41) is 19.1. The van der Waals surface area contributed by atoms with Gasteiger partial charge in [-0.3, -0.25) is 19.4 Å². The van der Waals surface area contributed by atoms with Crippen molar-refractivity contribution < 1.29 is 24.6 Å². The first-order valence-corrected chi connectivity index (χ1v) is 15.8. The second kappa shape index (κ2) is 12.6. The fraction of sp³-hybridized carbons (Fsp3) is 0.417. The molecule has 242 valence electrons. The van der Waals surface area contributed by atoms with Crippen LogP contribution in [0.4, 0.5) is 0 Å². The minimum Gasteiger partial charge on any atom is -0.481 e. The number of aliphatic carboxylic acids is 2. The van der Waals surface area contributed by atoms with Gasteiger partial charge >= 0.3 is 11.9 Å². The second-order valence-corrected chi connectivity index (χ2v) is 13.0. The van der Waals surface area contributed by atoms with Gasteiger partial charge in [0.15, 0.2) is 0 Å². The number of nitrogens with one attached hydrogen (secondary N) is 2. The molecule has 1 amide bonds. The Morgan fingerprint density at radius 3 is 1.93 bits per heavy atom. The van der Waals surface area contributed by atoms with E-state index in [0.29, 0.717) is 12.8 Å². The van der Waals surface area contributed by atoms with E-state index in [9.17, 15) is 24.6 Å². The van der Waals surface area contributed by atoms with Crippen molar-refractivity contribution in [2.75, 3.05) is 14.1 Å². The van der Waals surface area contributed by atoms with Gasteiger partial charge in [0.05, 0.1) is 11.4 Å². The van der Waals surface area contributed by atoms with Crippen molar-refractivity contribution in [1.82, 2.24) is 24.8 Å². The molecule has 2 aliphatic rings. The predicted molar refractivity (Wildman–Crippen MR) is 180 cm³/mol. The molecule has 0 saturated carbocycles. The minimum absolute atomic E-state index is 0.0136. The summed E-state index contributed by atoms with van der Waals surface area (Å²) >= 11 is 0. The number of hydrogen-bond acceptors (Lipinski definition) is 5. The number of aryl methyl sites for hydroxylation is 4. The maximum atomic E-state index is 13.2. The molecular formula is C36H43N5O5. The molecule has 0 fully saturated rings. The van der Waals surface area contributed by atoms with Gasteiger partial charge in [-0.2, -0.15) is 0 Å². The summed E-state index contributed by atoms with van der Waals surface area (Å²) in [6.07, 6.45) is 3.65. The highest BCUT2D eigenvalue weighted by Crippen LogP contribution is 2.47. The van der Waals surface area contributed by atoms with Gasteiger partial charge in [0, 0.05) is 78.1 Å². The number of rotatable bonds is 9. The van der Waals surface area contributed by atoms with Crippen molar-refractivity contribution in [3.63, 3.8) is 0 Å². The fourth-order valence-corrected chi connectivity index (χ4v) is 6.87. The zero-order chi connectivity index (χ0) is 33.5. The molecule has 5 rings (SSSR count). The van der Waals surface area contributed by atoms with E-state index in [-0.39, 0.29) is 31.1 Å². The molecule has 8 bridgehead atoms. The number of amides is 1. The number of nitrogens with zero attached hydrogens (tertiary/aromatic N) is 3. The number of hydrogen-bond donors (Lipinski definition) is 4. The third-order valence-corrected chi connectivity index (χ3v) is 9.63. The third-order valence-electron chi connectivity index (χ3n) is 9.63. The average Bonchev–Trinajstić information content (AvgIpc) is 3.64. The first kappa shape index (κ1) is 32.7. The molecule has 5 heterocycles. The molecule has 0 unspecified atom stereocenters. The fourth-order valence-electron chi connectivity index (χ4n) is 6.87. The summed E-state index contributed by atoms with van der Waals surface area (Å²) in [7, 11) is 3.53. The van der Waals surface area contributed by atoms with Gasteiger partial charge in [-0.15, -0.1) is 0 Å². The van der Waals surface area contributed by atoms with E-state index in [1.54, 1.807) is 19.0 Å². The Morgan fingerprint density at radius 2 is 1.41 bits per heavy atom. The molecule has 0 aliphatic carbocycles. The van der Waals surface area contributed by atoms with E-state index in [1.165, 1.54) is 0 Å². The zero-order valence-electron chi connectivity index (χ0n) is 27.7. The molecule has 10 heteroatoms. The van der Waals surface area contributed by atoms with Crippen molar-refractivity contribution >= 4 is 51.6 Å². The summed E-state index contributed by atoms with van der Waals surface area (Å²) < 4.78 is 0. The van der Waals surface area contributed by atoms with Crippen LogP contribution < -0.4 is 0 Å². The third kappa shape index (κ3) is 6.21. The van der Waals surface area contributed by atoms with Gasteiger partial charge in [-0.25, -0.2) is 4.98 Å². The van der Waals surface area contributed by atoms with Crippen molar-refractivity contribution in [2.45, 2.75) is 84.5 Å². The lowest BCUT2D eigenvalue weighted by molar-refractivity contribution is -0.138. The number of aromatic amines is 2. The summed E-state index contributed by atoms with van der Waals surface area (Å²) in [5.74, 6) is -1.79. The molecule has 2 atom stereocenters. The lowest BCUT2D eigenvalue weighted by Gasteiger charge is -2.31. The SMILES string of the molecule is CC[C@@H]1c2cc3nc(cc4[nH]c(cc5[nH]c(cc(n2)[C@]1(C)CC(=O)N(C)C)c(C)c5CCC(=O)O)c(CCC(=O)O)c4C)C=C3C. The van der Waals surface area contributed by atoms with Gasteiger partial charge in [0.25, 0.3) is 0 Å². The van der Waals surface area contributed by atoms with E-state index >= 15 is 0 Å². The highest BCUT2D eigenvalue weighted by Gasteiger charge is 2.44. The Balaban J connectivity index is 1.91. The highest BCUT2D eigenvalue weighted by molar-refractivity contribution is 5.85. The number of carbonyl (C=O) groups is 3. The molecule has 3 aromatic rings. The lowest BCUT2D eigenvalue weighted by atomic mass is 9.71. The van der Waals surface area contributed by atoms with Crippen molar-refractivity contribution in [3.8, 4) is 0 Å². The van der Waals surface area contributed by atoms with Gasteiger partial charge in [0.1, 0.15) is 0 Å². The zero-order valence-corrected chi connectivity index (χ0v) is 27.7. The van der Waals surface area contributed by atoms with E-state index in [0.717, 1.165) is 79.1 Å². The minimum atomic E-state index is -0.891. The number of carboxylic acid groups (broad SMARTS) is 2. The van der Waals surface area contributed by atoms with Crippen LogP contribution >= 0.6 is 0 Å². The Bertz CT molecular complexity index is 1930. The summed E-state index contributed by atoms with van der Waals surface area (Å²) in [4.78, 5) is 55.3. The van der Waals surface area contributed by atoms with Gasteiger partial charge in [-0.1, -0.05) is 13.8 Å². The number of H-pyrrole nitrogens is 2. The number of fused-ring (bicyclic) bond motifs is 8. The normalized spacial score (nSPS) is 17.5. The molecule has 4 N–H and O–H groups in total. The van der Waals surface area contributed by atoms with Crippen LogP contribution in [-0.4, -0.2) is 67.0 Å². The van der Waals surface area contributed by atoms with Crippen LogP contribution in [0.5, 0.6) is 0 Å². The Labute approximate surface area is 268 Å². The molecule has 3 aromatic heterocycles. The topological polar surface area (TPSA) is 152 Å². The van der Waals surface area contributed by atoms with Crippen LogP contribution in [0.25, 0.3) is 33.7 Å². The Kier molecular flexibility index (Phi) is 8.93. The van der Waals surface area contributed by atoms with E-state index in [4.69, 9.17) is 9.97 Å². The standard InChI is InChI=1S/C36H43N5O5/c1-8-25-31-15-26-19(2)13-22(37-26)14-27-20(3)23(9-11-34(43)44)29(38-27)16-30-24(10-12-35(45)46)21(4)28(39-30)17-32(40-31)36(25,5)18-33(42)41(6)7/h13-17,25,38-39H,8-12,18H2,1-7H3,(H,43,44)(H,45,46)/t25-,36-/m1/s1. The first-order chi connectivity index (χ1) is 21.7. The van der Waals surface area contributed by atoms with Crippen molar-refractivity contribution in [3.05, 3.63) is 69.3 Å². The molecule has 0 spiro atoms. The lowest BCUT2D eigenvalue weighted by Crippen LogP contribution is -2.34. The first-order valence-electron chi connectivity index (χ1n) is 15.8. The quantitative estimate of drug-likeness (QED) is 0.213. The smallest absolute Gasteiger partial charge is 0.303 e. The Morgan fingerprint density at radius 1 is 0.848 bits per heavy atom. The number of carbonyl (C=O) groups excluding carboxylic acids is 1. The average molecular weight is 626 g/mol. The maximum Gasteiger partial charge on any atom is 0.303 e. The summed E-state index contributed by atoms with van der Waals surface area (Å²) in [6.45, 7) is 10.2. The number of aromatic nitrogens is 4. The van der Waals surface area contributed by atoms with Crippen LogP contribution in [0.2, 0.25) is 0 Å². The maximum absolute atomic E-state index is 13.2. The molecule has 0 aromatic carbocycles. The van der Waals surface area contributed by atoms with Crippen molar-refractivity contribution in [1.29, 1.82) is 0 Å². The van der Waals surface area contributed by atoms with Gasteiger partial charge in [-0.05, 0) is 98.2 Å². The predicted octanol–water partition coefficient (Wildman–Crippen LogP) is 6.46. The Hall–Kier alpha value is -4.73. The van der Waals surface area contributed by atoms with Gasteiger partial charge < -0.3 is 25.1 Å². The molecule has 2 aliphatic heterocycles.